The van der Waals surface area contributed by atoms with Gasteiger partial charge in [-0.1, -0.05) is 18.2 Å². The predicted molar refractivity (Wildman–Crippen MR) is 49.6 cm³/mol. The van der Waals surface area contributed by atoms with E-state index in [-0.39, 0.29) is 0 Å². The number of nitrogens with zero attached hydrogens (tertiary/aromatic N) is 1. The zero-order chi connectivity index (χ0) is 8.29. The van der Waals surface area contributed by atoms with Crippen molar-refractivity contribution in [2.24, 2.45) is 5.92 Å². The van der Waals surface area contributed by atoms with Gasteiger partial charge in [0, 0.05) is 18.2 Å². The van der Waals surface area contributed by atoms with Crippen LogP contribution in [0.2, 0.25) is 0 Å². The summed E-state index contributed by atoms with van der Waals surface area (Å²) in [6, 6.07) is 0.718. The molecule has 62 valence electrons. The zero-order valence-electron chi connectivity index (χ0n) is 7.54. The average molecular weight is 159 g/mol. The minimum Gasteiger partial charge on any atom is -0.363 e. The standard InChI is InChI=1S/C11H13N/c1-7-8(2)12-6-9-4-3-5-10(7)11(9)12/h3-5,10-11H,6H2,1-2H3. The summed E-state index contributed by atoms with van der Waals surface area (Å²) in [4.78, 5) is 2.52. The minimum atomic E-state index is 0.693. The Morgan fingerprint density at radius 2 is 2.25 bits per heavy atom. The molecule has 0 radical (unpaired) electrons. The van der Waals surface area contributed by atoms with E-state index in [0.29, 0.717) is 5.92 Å². The van der Waals surface area contributed by atoms with Crippen molar-refractivity contribution in [3.05, 3.63) is 35.1 Å². The molecule has 3 aliphatic rings. The molecule has 2 aliphatic heterocycles. The summed E-state index contributed by atoms with van der Waals surface area (Å²) < 4.78 is 0. The largest absolute Gasteiger partial charge is 0.363 e. The van der Waals surface area contributed by atoms with Gasteiger partial charge in [0.05, 0.1) is 6.04 Å². The smallest absolute Gasteiger partial charge is 0.0623 e. The Labute approximate surface area is 73.1 Å². The lowest BCUT2D eigenvalue weighted by Crippen LogP contribution is -2.49. The van der Waals surface area contributed by atoms with Gasteiger partial charge in [0.25, 0.3) is 0 Å². The van der Waals surface area contributed by atoms with Crippen molar-refractivity contribution in [2.45, 2.75) is 19.9 Å². The predicted octanol–water partition coefficient (Wildman–Crippen LogP) is 2.09. The summed E-state index contributed by atoms with van der Waals surface area (Å²) in [5, 5.41) is 0. The Balaban J connectivity index is 2.12. The van der Waals surface area contributed by atoms with E-state index in [1.54, 1.807) is 11.1 Å². The molecular weight excluding hydrogens is 146 g/mol. The molecule has 1 saturated heterocycles. The van der Waals surface area contributed by atoms with Gasteiger partial charge < -0.3 is 4.90 Å². The van der Waals surface area contributed by atoms with Crippen LogP contribution in [0.15, 0.2) is 35.1 Å². The molecule has 0 saturated carbocycles. The SMILES string of the molecule is CC1=C(C)N2CC3=CC=CC1C32. The van der Waals surface area contributed by atoms with E-state index in [1.807, 2.05) is 0 Å². The van der Waals surface area contributed by atoms with Gasteiger partial charge in [-0.05, 0) is 25.0 Å². The molecule has 1 heteroatoms. The van der Waals surface area contributed by atoms with Gasteiger partial charge in [-0.15, -0.1) is 0 Å². The lowest BCUT2D eigenvalue weighted by Gasteiger charge is -2.44. The van der Waals surface area contributed by atoms with E-state index in [2.05, 4.69) is 37.0 Å². The van der Waals surface area contributed by atoms with Crippen LogP contribution in [0.25, 0.3) is 0 Å². The van der Waals surface area contributed by atoms with Crippen molar-refractivity contribution < 1.29 is 0 Å². The Bertz CT molecular complexity index is 333. The molecule has 1 aliphatic carbocycles. The van der Waals surface area contributed by atoms with E-state index < -0.39 is 0 Å². The second kappa shape index (κ2) is 1.85. The summed E-state index contributed by atoms with van der Waals surface area (Å²) in [5.41, 5.74) is 4.70. The van der Waals surface area contributed by atoms with Crippen LogP contribution in [0.3, 0.4) is 0 Å². The maximum absolute atomic E-state index is 2.52. The minimum absolute atomic E-state index is 0.693. The highest BCUT2D eigenvalue weighted by Gasteiger charge is 2.45. The second-order valence-corrected chi connectivity index (χ2v) is 3.99. The van der Waals surface area contributed by atoms with E-state index in [0.717, 1.165) is 6.04 Å². The molecule has 3 rings (SSSR count). The van der Waals surface area contributed by atoms with Crippen LogP contribution in [0.1, 0.15) is 13.8 Å². The molecule has 0 aromatic rings. The maximum Gasteiger partial charge on any atom is 0.0623 e. The van der Waals surface area contributed by atoms with Crippen molar-refractivity contribution in [1.82, 2.24) is 4.90 Å². The lowest BCUT2D eigenvalue weighted by molar-refractivity contribution is 0.218. The number of allylic oxidation sites excluding steroid dienone is 3. The molecular formula is C11H13N. The van der Waals surface area contributed by atoms with Crippen LogP contribution in [-0.2, 0) is 0 Å². The fourth-order valence-electron chi connectivity index (χ4n) is 2.63. The summed E-state index contributed by atoms with van der Waals surface area (Å²) in [7, 11) is 0. The molecule has 2 atom stereocenters. The molecule has 1 nitrogen and oxygen atoms in total. The van der Waals surface area contributed by atoms with Gasteiger partial charge in [0.2, 0.25) is 0 Å². The summed E-state index contributed by atoms with van der Waals surface area (Å²) in [6.07, 6.45) is 6.84. The number of hydrogen-bond donors (Lipinski definition) is 0. The van der Waals surface area contributed by atoms with Gasteiger partial charge >= 0.3 is 0 Å². The van der Waals surface area contributed by atoms with Crippen LogP contribution < -0.4 is 0 Å². The van der Waals surface area contributed by atoms with E-state index in [1.165, 1.54) is 12.2 Å². The highest BCUT2D eigenvalue weighted by atomic mass is 15.3. The van der Waals surface area contributed by atoms with Crippen LogP contribution in [-0.4, -0.2) is 17.5 Å². The lowest BCUT2D eigenvalue weighted by atomic mass is 9.82. The molecule has 2 heterocycles. The molecule has 12 heavy (non-hydrogen) atoms. The Kier molecular flexibility index (Phi) is 1.00. The molecule has 0 aromatic carbocycles. The Morgan fingerprint density at radius 1 is 1.42 bits per heavy atom. The van der Waals surface area contributed by atoms with Gasteiger partial charge in [-0.3, -0.25) is 0 Å². The fourth-order valence-corrected chi connectivity index (χ4v) is 2.63. The van der Waals surface area contributed by atoms with Gasteiger partial charge in [-0.25, -0.2) is 0 Å². The van der Waals surface area contributed by atoms with Gasteiger partial charge in [-0.2, -0.15) is 0 Å². The third-order valence-electron chi connectivity index (χ3n) is 3.54. The molecule has 0 N–H and O–H groups in total. The quantitative estimate of drug-likeness (QED) is 0.523. The highest BCUT2D eigenvalue weighted by Crippen LogP contribution is 2.46. The number of hydrogen-bond acceptors (Lipinski definition) is 1. The first kappa shape index (κ1) is 6.53. The Hall–Kier alpha value is -0.980. The van der Waals surface area contributed by atoms with Gasteiger partial charge in [0.15, 0.2) is 0 Å². The first-order valence-corrected chi connectivity index (χ1v) is 4.60. The summed E-state index contributed by atoms with van der Waals surface area (Å²) in [6.45, 7) is 5.69. The summed E-state index contributed by atoms with van der Waals surface area (Å²) >= 11 is 0. The van der Waals surface area contributed by atoms with Crippen molar-refractivity contribution in [3.8, 4) is 0 Å². The van der Waals surface area contributed by atoms with Crippen LogP contribution >= 0.6 is 0 Å². The number of rotatable bonds is 0. The van der Waals surface area contributed by atoms with Gasteiger partial charge in [0.1, 0.15) is 0 Å². The zero-order valence-corrected chi connectivity index (χ0v) is 7.54. The first-order chi connectivity index (χ1) is 5.79. The summed E-state index contributed by atoms with van der Waals surface area (Å²) in [5.74, 6) is 0.693. The topological polar surface area (TPSA) is 3.24 Å². The Morgan fingerprint density at radius 3 is 3.00 bits per heavy atom. The normalized spacial score (nSPS) is 36.5. The van der Waals surface area contributed by atoms with E-state index >= 15 is 0 Å². The first-order valence-electron chi connectivity index (χ1n) is 4.60. The third-order valence-corrected chi connectivity index (χ3v) is 3.54. The van der Waals surface area contributed by atoms with E-state index in [9.17, 15) is 0 Å². The highest BCUT2D eigenvalue weighted by molar-refractivity contribution is 5.45. The fraction of sp³-hybridized carbons (Fsp3) is 0.455. The molecule has 0 bridgehead atoms. The van der Waals surface area contributed by atoms with Crippen LogP contribution in [0.4, 0.5) is 0 Å². The van der Waals surface area contributed by atoms with Crippen molar-refractivity contribution >= 4 is 0 Å². The molecule has 2 unspecified atom stereocenters. The molecule has 0 aromatic heterocycles. The molecule has 0 spiro atoms. The van der Waals surface area contributed by atoms with Crippen LogP contribution in [0.5, 0.6) is 0 Å². The van der Waals surface area contributed by atoms with Crippen molar-refractivity contribution in [3.63, 3.8) is 0 Å². The average Bonchev–Trinajstić information content (AvgIpc) is 2.24. The third kappa shape index (κ3) is 0.532. The maximum atomic E-state index is 2.52. The molecule has 0 amide bonds. The van der Waals surface area contributed by atoms with E-state index in [4.69, 9.17) is 0 Å². The van der Waals surface area contributed by atoms with Crippen molar-refractivity contribution in [2.75, 3.05) is 6.54 Å². The second-order valence-electron chi connectivity index (χ2n) is 3.99. The monoisotopic (exact) mass is 159 g/mol. The molecule has 1 fully saturated rings. The van der Waals surface area contributed by atoms with Crippen molar-refractivity contribution in [1.29, 1.82) is 0 Å². The van der Waals surface area contributed by atoms with Crippen LogP contribution in [0, 0.1) is 5.92 Å².